The number of hydrogen-bond donors (Lipinski definition) is 0. The van der Waals surface area contributed by atoms with E-state index in [2.05, 4.69) is 27.6 Å². The van der Waals surface area contributed by atoms with Crippen molar-refractivity contribution in [3.05, 3.63) is 17.0 Å². The third-order valence-corrected chi connectivity index (χ3v) is 2.61. The van der Waals surface area contributed by atoms with Crippen molar-refractivity contribution in [3.8, 4) is 0 Å². The SMILES string of the molecule is Cc1ccsc1P. The number of hydrogen-bond acceptors (Lipinski definition) is 1. The second-order valence-corrected chi connectivity index (χ2v) is 3.41. The minimum Gasteiger partial charge on any atom is -0.144 e. The molecule has 0 aliphatic heterocycles. The maximum absolute atomic E-state index is 2.69. The summed E-state index contributed by atoms with van der Waals surface area (Å²) < 4.78 is 1.35. The van der Waals surface area contributed by atoms with Gasteiger partial charge in [-0.1, -0.05) is 9.24 Å². The largest absolute Gasteiger partial charge is 0.144 e. The van der Waals surface area contributed by atoms with Crippen molar-refractivity contribution in [1.82, 2.24) is 0 Å². The Morgan fingerprint density at radius 2 is 2.43 bits per heavy atom. The standard InChI is InChI=1S/C5H7PS/c1-4-2-3-7-5(4)6/h2-3H,6H2,1H3. The van der Waals surface area contributed by atoms with E-state index in [9.17, 15) is 0 Å². The minimum absolute atomic E-state index is 1.35. The van der Waals surface area contributed by atoms with Crippen molar-refractivity contribution < 1.29 is 0 Å². The number of rotatable bonds is 0. The first-order valence-electron chi connectivity index (χ1n) is 2.10. The maximum Gasteiger partial charge on any atom is 0.0245 e. The second kappa shape index (κ2) is 1.94. The lowest BCUT2D eigenvalue weighted by molar-refractivity contribution is 1.59. The first-order chi connectivity index (χ1) is 3.30. The molecule has 0 aliphatic rings. The van der Waals surface area contributed by atoms with Crippen molar-refractivity contribution in [2.24, 2.45) is 0 Å². The van der Waals surface area contributed by atoms with Crippen LogP contribution in [0.1, 0.15) is 5.56 Å². The highest BCUT2D eigenvalue weighted by Crippen LogP contribution is 2.04. The maximum atomic E-state index is 2.69. The Bertz CT molecular complexity index is 140. The molecule has 1 aromatic rings. The van der Waals surface area contributed by atoms with Crippen LogP contribution < -0.4 is 4.62 Å². The molecule has 0 N–H and O–H groups in total. The van der Waals surface area contributed by atoms with Gasteiger partial charge in [0.05, 0.1) is 0 Å². The van der Waals surface area contributed by atoms with Gasteiger partial charge in [-0.05, 0) is 23.9 Å². The van der Waals surface area contributed by atoms with Crippen LogP contribution in [0.15, 0.2) is 11.4 Å². The molecule has 1 heterocycles. The average molecular weight is 130 g/mol. The summed E-state index contributed by atoms with van der Waals surface area (Å²) in [5.74, 6) is 0. The van der Waals surface area contributed by atoms with Crippen LogP contribution >= 0.6 is 20.6 Å². The summed E-state index contributed by atoms with van der Waals surface area (Å²) in [5, 5.41) is 2.09. The van der Waals surface area contributed by atoms with Gasteiger partial charge >= 0.3 is 0 Å². The quantitative estimate of drug-likeness (QED) is 0.467. The molecule has 0 radical (unpaired) electrons. The molecule has 2 heteroatoms. The topological polar surface area (TPSA) is 0 Å². The summed E-state index contributed by atoms with van der Waals surface area (Å²) in [5.41, 5.74) is 1.37. The summed E-state index contributed by atoms with van der Waals surface area (Å²) in [4.78, 5) is 0. The Hall–Kier alpha value is 0.130. The van der Waals surface area contributed by atoms with Gasteiger partial charge in [0.25, 0.3) is 0 Å². The lowest BCUT2D eigenvalue weighted by Crippen LogP contribution is -1.81. The normalized spacial score (nSPS) is 9.43. The van der Waals surface area contributed by atoms with Crippen LogP contribution in [0.3, 0.4) is 0 Å². The Labute approximate surface area is 49.8 Å². The highest BCUT2D eigenvalue weighted by Gasteiger charge is 1.87. The average Bonchev–Trinajstić information content (AvgIpc) is 1.91. The summed E-state index contributed by atoms with van der Waals surface area (Å²) in [6.45, 7) is 2.11. The highest BCUT2D eigenvalue weighted by atomic mass is 32.1. The monoisotopic (exact) mass is 130 g/mol. The predicted molar refractivity (Wildman–Crippen MR) is 38.4 cm³/mol. The summed E-state index contributed by atoms with van der Waals surface area (Å²) in [7, 11) is 2.69. The van der Waals surface area contributed by atoms with Crippen LogP contribution in [-0.2, 0) is 0 Å². The van der Waals surface area contributed by atoms with E-state index >= 15 is 0 Å². The van der Waals surface area contributed by atoms with Crippen molar-refractivity contribution >= 4 is 25.2 Å². The smallest absolute Gasteiger partial charge is 0.0245 e. The van der Waals surface area contributed by atoms with Gasteiger partial charge in [0.15, 0.2) is 0 Å². The van der Waals surface area contributed by atoms with E-state index in [0.29, 0.717) is 0 Å². The predicted octanol–water partition coefficient (Wildman–Crippen LogP) is 1.56. The van der Waals surface area contributed by atoms with E-state index in [4.69, 9.17) is 0 Å². The zero-order valence-corrected chi connectivity index (χ0v) is 6.11. The van der Waals surface area contributed by atoms with Gasteiger partial charge < -0.3 is 0 Å². The van der Waals surface area contributed by atoms with Gasteiger partial charge in [0, 0.05) is 4.62 Å². The van der Waals surface area contributed by atoms with E-state index in [1.807, 2.05) is 0 Å². The third kappa shape index (κ3) is 1.02. The van der Waals surface area contributed by atoms with Gasteiger partial charge in [-0.3, -0.25) is 0 Å². The molecule has 0 saturated heterocycles. The minimum atomic E-state index is 1.35. The Balaban J connectivity index is 3.12. The molecule has 1 unspecified atom stereocenters. The molecular formula is C5H7PS. The third-order valence-electron chi connectivity index (χ3n) is 0.902. The zero-order valence-electron chi connectivity index (χ0n) is 4.14. The zero-order chi connectivity index (χ0) is 5.28. The van der Waals surface area contributed by atoms with Crippen molar-refractivity contribution in [3.63, 3.8) is 0 Å². The molecule has 0 amide bonds. The highest BCUT2D eigenvalue weighted by molar-refractivity contribution is 7.43. The molecule has 0 aromatic carbocycles. The van der Waals surface area contributed by atoms with Gasteiger partial charge in [-0.2, -0.15) is 0 Å². The second-order valence-electron chi connectivity index (χ2n) is 1.47. The molecule has 0 fully saturated rings. The van der Waals surface area contributed by atoms with Crippen LogP contribution in [0.2, 0.25) is 0 Å². The molecule has 0 spiro atoms. The Morgan fingerprint density at radius 1 is 1.71 bits per heavy atom. The molecule has 38 valence electrons. The first kappa shape index (κ1) is 5.27. The van der Waals surface area contributed by atoms with E-state index in [1.54, 1.807) is 11.3 Å². The fourth-order valence-electron chi connectivity index (χ4n) is 0.384. The van der Waals surface area contributed by atoms with Gasteiger partial charge in [0.2, 0.25) is 0 Å². The summed E-state index contributed by atoms with van der Waals surface area (Å²) in [6.07, 6.45) is 0. The van der Waals surface area contributed by atoms with Gasteiger partial charge in [0.1, 0.15) is 0 Å². The van der Waals surface area contributed by atoms with Crippen LogP contribution in [0, 0.1) is 6.92 Å². The Morgan fingerprint density at radius 3 is 2.57 bits per heavy atom. The van der Waals surface area contributed by atoms with Crippen molar-refractivity contribution in [2.45, 2.75) is 6.92 Å². The van der Waals surface area contributed by atoms with E-state index in [1.165, 1.54) is 10.2 Å². The molecule has 0 aliphatic carbocycles. The van der Waals surface area contributed by atoms with E-state index < -0.39 is 0 Å². The Kier molecular flexibility index (Phi) is 1.46. The van der Waals surface area contributed by atoms with Crippen LogP contribution in [0.4, 0.5) is 0 Å². The molecule has 1 rings (SSSR count). The molecular weight excluding hydrogens is 123 g/mol. The fourth-order valence-corrected chi connectivity index (χ4v) is 1.39. The van der Waals surface area contributed by atoms with Crippen LogP contribution in [0.5, 0.6) is 0 Å². The molecule has 0 nitrogen and oxygen atoms in total. The van der Waals surface area contributed by atoms with Gasteiger partial charge in [-0.15, -0.1) is 11.3 Å². The number of thiophene rings is 1. The molecule has 7 heavy (non-hydrogen) atoms. The van der Waals surface area contributed by atoms with Crippen LogP contribution in [0.25, 0.3) is 0 Å². The van der Waals surface area contributed by atoms with E-state index in [-0.39, 0.29) is 0 Å². The number of aryl methyl sites for hydroxylation is 1. The lowest BCUT2D eigenvalue weighted by Gasteiger charge is -1.79. The van der Waals surface area contributed by atoms with Crippen molar-refractivity contribution in [1.29, 1.82) is 0 Å². The summed E-state index contributed by atoms with van der Waals surface area (Å²) in [6, 6.07) is 2.12. The molecule has 0 bridgehead atoms. The fraction of sp³-hybridized carbons (Fsp3) is 0.200. The molecule has 1 aromatic heterocycles. The summed E-state index contributed by atoms with van der Waals surface area (Å²) >= 11 is 1.77. The molecule has 1 atom stereocenters. The van der Waals surface area contributed by atoms with Gasteiger partial charge in [-0.25, -0.2) is 0 Å². The lowest BCUT2D eigenvalue weighted by atomic mass is 10.4. The first-order valence-corrected chi connectivity index (χ1v) is 3.56. The van der Waals surface area contributed by atoms with E-state index in [0.717, 1.165) is 0 Å². The van der Waals surface area contributed by atoms with Crippen LogP contribution in [-0.4, -0.2) is 0 Å². The molecule has 0 saturated carbocycles. The van der Waals surface area contributed by atoms with Crippen molar-refractivity contribution in [2.75, 3.05) is 0 Å².